The summed E-state index contributed by atoms with van der Waals surface area (Å²) in [6.45, 7) is 3.90. The Labute approximate surface area is 153 Å². The fourth-order valence-electron chi connectivity index (χ4n) is 2.53. The van der Waals surface area contributed by atoms with E-state index in [0.29, 0.717) is 12.2 Å². The number of ether oxygens (including phenoxy) is 1. The Morgan fingerprint density at radius 2 is 1.85 bits per heavy atom. The van der Waals surface area contributed by atoms with Gasteiger partial charge in [0.2, 0.25) is 5.91 Å². The molecule has 0 heterocycles. The van der Waals surface area contributed by atoms with Crippen LogP contribution >= 0.6 is 0 Å². The molecule has 3 N–H and O–H groups in total. The van der Waals surface area contributed by atoms with Crippen molar-refractivity contribution in [1.82, 2.24) is 10.6 Å². The average Bonchev–Trinajstić information content (AvgIpc) is 2.62. The summed E-state index contributed by atoms with van der Waals surface area (Å²) < 4.78 is 5.12. The van der Waals surface area contributed by atoms with Crippen molar-refractivity contribution in [3.8, 4) is 5.75 Å². The molecule has 0 saturated carbocycles. The van der Waals surface area contributed by atoms with Gasteiger partial charge < -0.3 is 20.7 Å². The van der Waals surface area contributed by atoms with Gasteiger partial charge in [-0.1, -0.05) is 24.3 Å². The fourth-order valence-corrected chi connectivity index (χ4v) is 2.53. The van der Waals surface area contributed by atoms with Crippen LogP contribution in [-0.4, -0.2) is 25.6 Å². The third kappa shape index (κ3) is 6.12. The summed E-state index contributed by atoms with van der Waals surface area (Å²) in [4.78, 5) is 23.2. The molecule has 6 nitrogen and oxygen atoms in total. The number of nitrogens with one attached hydrogen (secondary N) is 3. The lowest BCUT2D eigenvalue weighted by atomic mass is 10.1. The van der Waals surface area contributed by atoms with Gasteiger partial charge in [0.05, 0.1) is 13.2 Å². The summed E-state index contributed by atoms with van der Waals surface area (Å²) in [7, 11) is 1.63. The summed E-state index contributed by atoms with van der Waals surface area (Å²) in [5.41, 5.74) is 2.76. The minimum absolute atomic E-state index is 0.126. The number of hydrogen-bond acceptors (Lipinski definition) is 3. The number of amides is 3. The molecule has 2 aromatic rings. The van der Waals surface area contributed by atoms with E-state index in [1.165, 1.54) is 6.92 Å². The molecule has 0 radical (unpaired) electrons. The number of benzene rings is 2. The maximum atomic E-state index is 12.1. The standard InChI is InChI=1S/C20H25N3O3/c1-14(17-5-4-6-18(13-17)23-15(2)24)22-20(25)21-12-11-16-7-9-19(26-3)10-8-16/h4-10,13-14H,11-12H2,1-3H3,(H,23,24)(H2,21,22,25). The van der Waals surface area contributed by atoms with Crippen LogP contribution in [0.3, 0.4) is 0 Å². The first kappa shape index (κ1) is 19.3. The smallest absolute Gasteiger partial charge is 0.315 e. The van der Waals surface area contributed by atoms with Crippen LogP contribution in [0.4, 0.5) is 10.5 Å². The molecule has 0 spiro atoms. The van der Waals surface area contributed by atoms with E-state index in [0.717, 1.165) is 23.3 Å². The Bertz CT molecular complexity index is 744. The van der Waals surface area contributed by atoms with Crippen molar-refractivity contribution in [2.45, 2.75) is 26.3 Å². The van der Waals surface area contributed by atoms with Crippen molar-refractivity contribution in [1.29, 1.82) is 0 Å². The van der Waals surface area contributed by atoms with E-state index in [1.54, 1.807) is 7.11 Å². The van der Waals surface area contributed by atoms with Crippen LogP contribution in [0, 0.1) is 0 Å². The zero-order chi connectivity index (χ0) is 18.9. The van der Waals surface area contributed by atoms with Crippen LogP contribution in [0.2, 0.25) is 0 Å². The van der Waals surface area contributed by atoms with Gasteiger partial charge in [-0.25, -0.2) is 4.79 Å². The molecule has 2 rings (SSSR count). The first-order chi connectivity index (χ1) is 12.5. The van der Waals surface area contributed by atoms with Crippen LogP contribution < -0.4 is 20.7 Å². The summed E-state index contributed by atoms with van der Waals surface area (Å²) >= 11 is 0. The molecular weight excluding hydrogens is 330 g/mol. The zero-order valence-electron chi connectivity index (χ0n) is 15.3. The van der Waals surface area contributed by atoms with Gasteiger partial charge in [-0.3, -0.25) is 4.79 Å². The number of rotatable bonds is 7. The van der Waals surface area contributed by atoms with Crippen molar-refractivity contribution in [3.63, 3.8) is 0 Å². The first-order valence-corrected chi connectivity index (χ1v) is 8.53. The number of anilines is 1. The van der Waals surface area contributed by atoms with E-state index in [-0.39, 0.29) is 18.0 Å². The van der Waals surface area contributed by atoms with E-state index in [1.807, 2.05) is 55.5 Å². The summed E-state index contributed by atoms with van der Waals surface area (Å²) in [5, 5.41) is 8.49. The predicted octanol–water partition coefficient (Wildman–Crippen LogP) is 3.26. The molecular formula is C20H25N3O3. The zero-order valence-corrected chi connectivity index (χ0v) is 15.3. The quantitative estimate of drug-likeness (QED) is 0.713. The van der Waals surface area contributed by atoms with Gasteiger partial charge in [0.25, 0.3) is 0 Å². The monoisotopic (exact) mass is 355 g/mol. The lowest BCUT2D eigenvalue weighted by molar-refractivity contribution is -0.114. The van der Waals surface area contributed by atoms with E-state index >= 15 is 0 Å². The van der Waals surface area contributed by atoms with E-state index < -0.39 is 0 Å². The highest BCUT2D eigenvalue weighted by atomic mass is 16.5. The molecule has 3 amide bonds. The van der Waals surface area contributed by atoms with Crippen LogP contribution in [0.5, 0.6) is 5.75 Å². The molecule has 2 aromatic carbocycles. The molecule has 6 heteroatoms. The molecule has 0 aliphatic rings. The predicted molar refractivity (Wildman–Crippen MR) is 102 cm³/mol. The van der Waals surface area contributed by atoms with Gasteiger partial charge in [0.15, 0.2) is 0 Å². The van der Waals surface area contributed by atoms with Crippen molar-refractivity contribution in [2.24, 2.45) is 0 Å². The topological polar surface area (TPSA) is 79.5 Å². The SMILES string of the molecule is COc1ccc(CCNC(=O)NC(C)c2cccc(NC(C)=O)c2)cc1. The normalized spacial score (nSPS) is 11.3. The van der Waals surface area contributed by atoms with Gasteiger partial charge in [-0.2, -0.15) is 0 Å². The van der Waals surface area contributed by atoms with Gasteiger partial charge in [0, 0.05) is 19.2 Å². The number of hydrogen-bond donors (Lipinski definition) is 3. The third-order valence-electron chi connectivity index (χ3n) is 3.91. The van der Waals surface area contributed by atoms with Gasteiger partial charge in [-0.05, 0) is 48.7 Å². The molecule has 138 valence electrons. The van der Waals surface area contributed by atoms with E-state index in [2.05, 4.69) is 16.0 Å². The largest absolute Gasteiger partial charge is 0.497 e. The Balaban J connectivity index is 1.80. The Morgan fingerprint density at radius 3 is 2.50 bits per heavy atom. The van der Waals surface area contributed by atoms with Crippen molar-refractivity contribution in [3.05, 3.63) is 59.7 Å². The second kappa shape index (κ2) is 9.46. The number of urea groups is 1. The molecule has 26 heavy (non-hydrogen) atoms. The summed E-state index contributed by atoms with van der Waals surface area (Å²) in [6, 6.07) is 14.8. The van der Waals surface area contributed by atoms with Crippen LogP contribution in [0.1, 0.15) is 31.0 Å². The number of methoxy groups -OCH3 is 1. The second-order valence-corrected chi connectivity index (χ2v) is 6.03. The van der Waals surface area contributed by atoms with Crippen LogP contribution in [0.15, 0.2) is 48.5 Å². The minimum Gasteiger partial charge on any atom is -0.497 e. The molecule has 0 bridgehead atoms. The van der Waals surface area contributed by atoms with Crippen LogP contribution in [-0.2, 0) is 11.2 Å². The number of carbonyl (C=O) groups is 2. The molecule has 0 aromatic heterocycles. The highest BCUT2D eigenvalue weighted by molar-refractivity contribution is 5.88. The van der Waals surface area contributed by atoms with Crippen LogP contribution in [0.25, 0.3) is 0 Å². The maximum Gasteiger partial charge on any atom is 0.315 e. The molecule has 0 saturated heterocycles. The molecule has 0 aliphatic heterocycles. The minimum atomic E-state index is -0.226. The Hall–Kier alpha value is -3.02. The average molecular weight is 355 g/mol. The summed E-state index contributed by atoms with van der Waals surface area (Å²) in [5.74, 6) is 0.689. The Morgan fingerprint density at radius 1 is 1.12 bits per heavy atom. The van der Waals surface area contributed by atoms with Gasteiger partial charge >= 0.3 is 6.03 Å². The van der Waals surface area contributed by atoms with Gasteiger partial charge in [0.1, 0.15) is 5.75 Å². The van der Waals surface area contributed by atoms with Crippen molar-refractivity contribution in [2.75, 3.05) is 19.0 Å². The van der Waals surface area contributed by atoms with Crippen molar-refractivity contribution >= 4 is 17.6 Å². The lowest BCUT2D eigenvalue weighted by Crippen LogP contribution is -2.38. The van der Waals surface area contributed by atoms with E-state index in [9.17, 15) is 9.59 Å². The van der Waals surface area contributed by atoms with Gasteiger partial charge in [-0.15, -0.1) is 0 Å². The molecule has 0 aliphatic carbocycles. The van der Waals surface area contributed by atoms with Crippen molar-refractivity contribution < 1.29 is 14.3 Å². The lowest BCUT2D eigenvalue weighted by Gasteiger charge is -2.16. The number of carbonyl (C=O) groups excluding carboxylic acids is 2. The highest BCUT2D eigenvalue weighted by Gasteiger charge is 2.10. The Kier molecular flexibility index (Phi) is 7.02. The first-order valence-electron chi connectivity index (χ1n) is 8.53. The maximum absolute atomic E-state index is 12.1. The molecule has 1 atom stereocenters. The van der Waals surface area contributed by atoms with E-state index in [4.69, 9.17) is 4.74 Å². The summed E-state index contributed by atoms with van der Waals surface area (Å²) in [6.07, 6.45) is 0.740. The fraction of sp³-hybridized carbons (Fsp3) is 0.300. The third-order valence-corrected chi connectivity index (χ3v) is 3.91. The highest BCUT2D eigenvalue weighted by Crippen LogP contribution is 2.17. The molecule has 0 fully saturated rings. The second-order valence-electron chi connectivity index (χ2n) is 6.03. The molecule has 1 unspecified atom stereocenters.